The van der Waals surface area contributed by atoms with Crippen molar-refractivity contribution in [2.45, 2.75) is 32.1 Å². The molecule has 9 heteroatoms. The van der Waals surface area contributed by atoms with E-state index in [1.54, 1.807) is 0 Å². The molecular weight excluding hydrogens is 491 g/mol. The first kappa shape index (κ1) is 25.1. The number of sulfonamides is 1. The van der Waals surface area contributed by atoms with Crippen LogP contribution < -0.4 is 10.0 Å². The maximum Gasteiger partial charge on any atom is 0.215 e. The van der Waals surface area contributed by atoms with Gasteiger partial charge in [0.15, 0.2) is 5.96 Å². The molecule has 1 aliphatic rings. The van der Waals surface area contributed by atoms with Crippen LogP contribution in [-0.4, -0.2) is 59.7 Å². The van der Waals surface area contributed by atoms with E-state index in [4.69, 9.17) is 4.74 Å². The first-order valence-electron chi connectivity index (χ1n) is 9.49. The molecule has 0 amide bonds. The number of hydrogen-bond donors (Lipinski definition) is 2. The van der Waals surface area contributed by atoms with Crippen molar-refractivity contribution < 1.29 is 13.2 Å². The van der Waals surface area contributed by atoms with Gasteiger partial charge in [-0.05, 0) is 43.9 Å². The highest BCUT2D eigenvalue weighted by molar-refractivity contribution is 14.0. The quantitative estimate of drug-likeness (QED) is 0.201. The average Bonchev–Trinajstić information content (AvgIpc) is 3.47. The van der Waals surface area contributed by atoms with Gasteiger partial charge >= 0.3 is 0 Å². The molecular formula is C19H33IN4O3S. The van der Waals surface area contributed by atoms with Crippen LogP contribution in [0.4, 0.5) is 0 Å². The summed E-state index contributed by atoms with van der Waals surface area (Å²) in [7, 11) is 0.184. The zero-order valence-corrected chi connectivity index (χ0v) is 20.1. The molecule has 0 heterocycles. The van der Waals surface area contributed by atoms with Gasteiger partial charge in [-0.3, -0.25) is 0 Å². The molecule has 0 saturated heterocycles. The summed E-state index contributed by atoms with van der Waals surface area (Å²) in [5.74, 6) is 1.61. The van der Waals surface area contributed by atoms with Gasteiger partial charge in [-0.25, -0.2) is 18.1 Å². The van der Waals surface area contributed by atoms with E-state index >= 15 is 0 Å². The molecule has 0 aromatic heterocycles. The third kappa shape index (κ3) is 9.53. The van der Waals surface area contributed by atoms with Crippen molar-refractivity contribution in [1.29, 1.82) is 0 Å². The smallest absolute Gasteiger partial charge is 0.215 e. The highest BCUT2D eigenvalue weighted by Gasteiger charge is 2.21. The second-order valence-corrected chi connectivity index (χ2v) is 8.82. The van der Waals surface area contributed by atoms with E-state index in [1.807, 2.05) is 38.2 Å². The van der Waals surface area contributed by atoms with Crippen LogP contribution in [0.15, 0.2) is 29.3 Å². The number of nitrogens with one attached hydrogen (secondary N) is 2. The average molecular weight is 524 g/mol. The summed E-state index contributed by atoms with van der Waals surface area (Å²) in [5, 5.41) is 3.30. The summed E-state index contributed by atoms with van der Waals surface area (Å²) in [6.45, 7) is 5.74. The summed E-state index contributed by atoms with van der Waals surface area (Å²) in [6, 6.07) is 7.52. The molecule has 1 aromatic rings. The molecule has 1 fully saturated rings. The molecule has 28 heavy (non-hydrogen) atoms. The lowest BCUT2D eigenvalue weighted by Gasteiger charge is -2.22. The van der Waals surface area contributed by atoms with Crippen LogP contribution >= 0.6 is 24.0 Å². The fraction of sp³-hybridized carbons (Fsp3) is 0.632. The Labute approximate surface area is 186 Å². The minimum Gasteiger partial charge on any atom is -0.379 e. The van der Waals surface area contributed by atoms with Crippen LogP contribution in [0.1, 0.15) is 30.9 Å². The fourth-order valence-electron chi connectivity index (χ4n) is 2.51. The number of rotatable bonds is 11. The van der Waals surface area contributed by atoms with E-state index in [1.165, 1.54) is 19.9 Å². The zero-order chi connectivity index (χ0) is 19.7. The van der Waals surface area contributed by atoms with E-state index in [0.717, 1.165) is 42.7 Å². The van der Waals surface area contributed by atoms with Crippen LogP contribution in [0.25, 0.3) is 0 Å². The number of aliphatic imine (C=N–C) groups is 1. The van der Waals surface area contributed by atoms with Crippen molar-refractivity contribution in [3.8, 4) is 0 Å². The van der Waals surface area contributed by atoms with Gasteiger partial charge in [0, 0.05) is 26.7 Å². The maximum absolute atomic E-state index is 11.6. The summed E-state index contributed by atoms with van der Waals surface area (Å²) < 4.78 is 31.2. The standard InChI is InChI=1S/C19H32N4O3S.HI/c1-4-21-19(23(3)11-12-26-14-17-7-8-17)22-13-16-5-9-18(10-6-16)15-27(24,25)20-2;/h5-6,9-10,17,20H,4,7-8,11-15H2,1-3H3,(H,21,22);1H. The topological polar surface area (TPSA) is 83.0 Å². The lowest BCUT2D eigenvalue weighted by molar-refractivity contribution is 0.115. The minimum atomic E-state index is -3.25. The van der Waals surface area contributed by atoms with Gasteiger partial charge in [-0.1, -0.05) is 24.3 Å². The third-order valence-electron chi connectivity index (χ3n) is 4.42. The van der Waals surface area contributed by atoms with Crippen molar-refractivity contribution >= 4 is 40.0 Å². The van der Waals surface area contributed by atoms with Crippen LogP contribution in [0.2, 0.25) is 0 Å². The molecule has 2 N–H and O–H groups in total. The summed E-state index contributed by atoms with van der Waals surface area (Å²) in [6.07, 6.45) is 2.61. The van der Waals surface area contributed by atoms with E-state index in [9.17, 15) is 8.42 Å². The highest BCUT2D eigenvalue weighted by atomic mass is 127. The highest BCUT2D eigenvalue weighted by Crippen LogP contribution is 2.28. The maximum atomic E-state index is 11.6. The predicted molar refractivity (Wildman–Crippen MR) is 125 cm³/mol. The largest absolute Gasteiger partial charge is 0.379 e. The second kappa shape index (κ2) is 12.6. The number of nitrogens with zero attached hydrogens (tertiary/aromatic N) is 2. The van der Waals surface area contributed by atoms with Gasteiger partial charge in [0.05, 0.1) is 18.9 Å². The number of guanidine groups is 1. The van der Waals surface area contributed by atoms with Gasteiger partial charge in [0.25, 0.3) is 0 Å². The normalized spacial score (nSPS) is 14.5. The SMILES string of the molecule is CCNC(=NCc1ccc(CS(=O)(=O)NC)cc1)N(C)CCOCC1CC1.I. The molecule has 160 valence electrons. The summed E-state index contributed by atoms with van der Waals surface area (Å²) in [4.78, 5) is 6.75. The molecule has 0 atom stereocenters. The lowest BCUT2D eigenvalue weighted by atomic mass is 10.1. The van der Waals surface area contributed by atoms with Crippen molar-refractivity contribution in [2.75, 3.05) is 40.4 Å². The van der Waals surface area contributed by atoms with E-state index in [0.29, 0.717) is 13.2 Å². The fourth-order valence-corrected chi connectivity index (χ4v) is 3.29. The molecule has 0 spiro atoms. The van der Waals surface area contributed by atoms with Crippen LogP contribution in [0.3, 0.4) is 0 Å². The molecule has 0 bridgehead atoms. The van der Waals surface area contributed by atoms with Crippen molar-refractivity contribution in [3.05, 3.63) is 35.4 Å². The van der Waals surface area contributed by atoms with Crippen molar-refractivity contribution in [1.82, 2.24) is 14.9 Å². The molecule has 0 radical (unpaired) electrons. The Hall–Kier alpha value is -0.910. The Balaban J connectivity index is 0.00000392. The molecule has 1 aromatic carbocycles. The van der Waals surface area contributed by atoms with E-state index in [2.05, 4.69) is 19.9 Å². The Morgan fingerprint density at radius 3 is 2.46 bits per heavy atom. The lowest BCUT2D eigenvalue weighted by Crippen LogP contribution is -2.40. The molecule has 0 aliphatic heterocycles. The number of halogens is 1. The molecule has 1 aliphatic carbocycles. The Kier molecular flexibility index (Phi) is 11.3. The second-order valence-electron chi connectivity index (χ2n) is 6.89. The number of likely N-dealkylation sites (N-methyl/N-ethyl adjacent to an activating group) is 1. The van der Waals surface area contributed by atoms with Gasteiger partial charge in [0.1, 0.15) is 0 Å². The summed E-state index contributed by atoms with van der Waals surface area (Å²) in [5.41, 5.74) is 1.79. The molecule has 7 nitrogen and oxygen atoms in total. The molecule has 0 unspecified atom stereocenters. The predicted octanol–water partition coefficient (Wildman–Crippen LogP) is 2.18. The Morgan fingerprint density at radius 2 is 1.89 bits per heavy atom. The van der Waals surface area contributed by atoms with Crippen LogP contribution in [0.5, 0.6) is 0 Å². The van der Waals surface area contributed by atoms with Crippen molar-refractivity contribution in [2.24, 2.45) is 10.9 Å². The number of hydrogen-bond acceptors (Lipinski definition) is 4. The Bertz CT molecular complexity index is 706. The zero-order valence-electron chi connectivity index (χ0n) is 17.0. The van der Waals surface area contributed by atoms with E-state index < -0.39 is 10.0 Å². The van der Waals surface area contributed by atoms with Gasteiger partial charge in [-0.2, -0.15) is 0 Å². The minimum absolute atomic E-state index is 0. The first-order valence-corrected chi connectivity index (χ1v) is 11.1. The van der Waals surface area contributed by atoms with Crippen molar-refractivity contribution in [3.63, 3.8) is 0 Å². The number of ether oxygens (including phenoxy) is 1. The van der Waals surface area contributed by atoms with Gasteiger partial charge in [-0.15, -0.1) is 24.0 Å². The van der Waals surface area contributed by atoms with E-state index in [-0.39, 0.29) is 29.7 Å². The monoisotopic (exact) mass is 524 g/mol. The summed E-state index contributed by atoms with van der Waals surface area (Å²) >= 11 is 0. The van der Waals surface area contributed by atoms with Crippen LogP contribution in [-0.2, 0) is 27.1 Å². The Morgan fingerprint density at radius 1 is 1.25 bits per heavy atom. The third-order valence-corrected chi connectivity index (χ3v) is 5.76. The van der Waals surface area contributed by atoms with Gasteiger partial charge in [0.2, 0.25) is 10.0 Å². The first-order chi connectivity index (χ1) is 12.9. The molecule has 1 saturated carbocycles. The number of benzene rings is 1. The van der Waals surface area contributed by atoms with Gasteiger partial charge < -0.3 is 15.0 Å². The van der Waals surface area contributed by atoms with Crippen LogP contribution in [0, 0.1) is 5.92 Å². The molecule has 2 rings (SSSR count).